The Bertz CT molecular complexity index is 1150. The minimum atomic E-state index is -0.565. The Morgan fingerprint density at radius 3 is 2.66 bits per heavy atom. The number of rotatable bonds is 5. The van der Waals surface area contributed by atoms with Gasteiger partial charge in [0, 0.05) is 25.5 Å². The molecule has 0 spiro atoms. The number of carbonyl (C=O) groups is 2. The maximum Gasteiger partial charge on any atom is 0.276 e. The van der Waals surface area contributed by atoms with Crippen LogP contribution < -0.4 is 21.7 Å². The van der Waals surface area contributed by atoms with E-state index in [4.69, 9.17) is 11.5 Å². The van der Waals surface area contributed by atoms with Crippen LogP contribution in [-0.4, -0.2) is 39.9 Å². The fraction of sp³-hybridized carbons (Fsp3) is 0.261. The van der Waals surface area contributed by atoms with Crippen molar-refractivity contribution in [2.45, 2.75) is 19.8 Å². The topological polar surface area (TPSA) is 140 Å². The molecule has 9 nitrogen and oxygen atoms in total. The highest BCUT2D eigenvalue weighted by atomic mass is 16.2. The van der Waals surface area contributed by atoms with Crippen molar-refractivity contribution < 1.29 is 9.59 Å². The number of nitrogen functional groups attached to an aromatic ring is 1. The predicted molar refractivity (Wildman–Crippen MR) is 123 cm³/mol. The lowest BCUT2D eigenvalue weighted by atomic mass is 10.00. The van der Waals surface area contributed by atoms with E-state index in [9.17, 15) is 9.59 Å². The van der Waals surface area contributed by atoms with Crippen molar-refractivity contribution in [3.8, 4) is 11.4 Å². The van der Waals surface area contributed by atoms with E-state index in [1.165, 1.54) is 12.6 Å². The molecule has 1 aliphatic rings. The third kappa shape index (κ3) is 4.51. The number of nitrogens with one attached hydrogen (secondary N) is 1. The molecule has 1 aliphatic heterocycles. The Morgan fingerprint density at radius 1 is 1.12 bits per heavy atom. The lowest BCUT2D eigenvalue weighted by molar-refractivity contribution is 0.0997. The summed E-state index contributed by atoms with van der Waals surface area (Å²) < 4.78 is 0. The fourth-order valence-corrected chi connectivity index (χ4v) is 3.83. The lowest BCUT2D eigenvalue weighted by Crippen LogP contribution is -2.35. The molecular formula is C23H25N7O2. The number of aromatic nitrogens is 3. The van der Waals surface area contributed by atoms with Gasteiger partial charge >= 0.3 is 0 Å². The van der Waals surface area contributed by atoms with E-state index in [2.05, 4.69) is 32.1 Å². The molecule has 2 amide bonds. The molecule has 5 N–H and O–H groups in total. The summed E-state index contributed by atoms with van der Waals surface area (Å²) in [6, 6.07) is 8.37. The van der Waals surface area contributed by atoms with Gasteiger partial charge in [0.05, 0.1) is 40.2 Å². The Kier molecular flexibility index (Phi) is 5.98. The van der Waals surface area contributed by atoms with Crippen molar-refractivity contribution in [1.29, 1.82) is 0 Å². The average molecular weight is 432 g/mol. The van der Waals surface area contributed by atoms with Gasteiger partial charge in [-0.25, -0.2) is 4.98 Å². The van der Waals surface area contributed by atoms with Crippen molar-refractivity contribution in [3.05, 3.63) is 60.2 Å². The minimum Gasteiger partial charge on any atom is -0.397 e. The van der Waals surface area contributed by atoms with Crippen molar-refractivity contribution in [2.24, 2.45) is 11.7 Å². The number of nitrogens with two attached hydrogens (primary N) is 2. The Balaban J connectivity index is 1.59. The number of amides is 2. The van der Waals surface area contributed by atoms with Gasteiger partial charge in [-0.3, -0.25) is 19.6 Å². The third-order valence-electron chi connectivity index (χ3n) is 5.50. The van der Waals surface area contributed by atoms with E-state index < -0.39 is 11.8 Å². The molecule has 0 bridgehead atoms. The van der Waals surface area contributed by atoms with Crippen LogP contribution in [0.1, 0.15) is 40.6 Å². The third-order valence-corrected chi connectivity index (χ3v) is 5.50. The number of carbonyl (C=O) groups excluding carboxylic acids is 2. The van der Waals surface area contributed by atoms with Gasteiger partial charge in [-0.15, -0.1) is 0 Å². The first-order valence-corrected chi connectivity index (χ1v) is 10.5. The van der Waals surface area contributed by atoms with Crippen LogP contribution in [0, 0.1) is 5.92 Å². The van der Waals surface area contributed by atoms with Crippen molar-refractivity contribution in [1.82, 2.24) is 15.0 Å². The Morgan fingerprint density at radius 2 is 1.94 bits per heavy atom. The van der Waals surface area contributed by atoms with Gasteiger partial charge in [-0.1, -0.05) is 6.92 Å². The Labute approximate surface area is 185 Å². The number of pyridine rings is 3. The molecule has 0 aromatic carbocycles. The number of hydrogen-bond acceptors (Lipinski definition) is 7. The van der Waals surface area contributed by atoms with Gasteiger partial charge in [0.2, 0.25) is 5.91 Å². The Hall–Kier alpha value is -4.01. The highest BCUT2D eigenvalue weighted by molar-refractivity contribution is 6.07. The second-order valence-corrected chi connectivity index (χ2v) is 7.97. The monoisotopic (exact) mass is 431 g/mol. The van der Waals surface area contributed by atoms with Gasteiger partial charge in [-0.2, -0.15) is 0 Å². The number of nitrogens with zero attached hydrogens (tertiary/aromatic N) is 4. The summed E-state index contributed by atoms with van der Waals surface area (Å²) in [5.41, 5.74) is 14.4. The molecule has 32 heavy (non-hydrogen) atoms. The second-order valence-electron chi connectivity index (χ2n) is 7.97. The molecule has 164 valence electrons. The molecule has 4 heterocycles. The molecule has 3 aromatic rings. The van der Waals surface area contributed by atoms with E-state index in [-0.39, 0.29) is 11.4 Å². The van der Waals surface area contributed by atoms with E-state index in [0.29, 0.717) is 28.6 Å². The van der Waals surface area contributed by atoms with Crippen LogP contribution in [0.15, 0.2) is 48.9 Å². The van der Waals surface area contributed by atoms with Crippen LogP contribution in [-0.2, 0) is 0 Å². The molecule has 3 aromatic heterocycles. The quantitative estimate of drug-likeness (QED) is 0.564. The first-order chi connectivity index (χ1) is 15.4. The lowest BCUT2D eigenvalue weighted by Gasteiger charge is -2.33. The van der Waals surface area contributed by atoms with Crippen LogP contribution in [0.4, 0.5) is 17.1 Å². The zero-order valence-corrected chi connectivity index (χ0v) is 17.8. The van der Waals surface area contributed by atoms with E-state index >= 15 is 0 Å². The number of anilines is 3. The van der Waals surface area contributed by atoms with Gasteiger partial charge in [0.1, 0.15) is 0 Å². The largest absolute Gasteiger partial charge is 0.397 e. The van der Waals surface area contributed by atoms with Gasteiger partial charge < -0.3 is 21.7 Å². The van der Waals surface area contributed by atoms with Gasteiger partial charge in [0.15, 0.2) is 5.69 Å². The summed E-state index contributed by atoms with van der Waals surface area (Å²) in [6.07, 6.45) is 7.03. The molecule has 0 aliphatic carbocycles. The van der Waals surface area contributed by atoms with Gasteiger partial charge in [-0.05, 0) is 49.1 Å². The van der Waals surface area contributed by atoms with Crippen LogP contribution in [0.2, 0.25) is 0 Å². The first-order valence-electron chi connectivity index (χ1n) is 10.5. The summed E-state index contributed by atoms with van der Waals surface area (Å²) in [7, 11) is 0. The number of hydrogen-bond donors (Lipinski definition) is 3. The summed E-state index contributed by atoms with van der Waals surface area (Å²) in [5, 5.41) is 2.92. The summed E-state index contributed by atoms with van der Waals surface area (Å²) >= 11 is 0. The first kappa shape index (κ1) is 21.2. The molecule has 4 rings (SSSR count). The molecule has 1 saturated heterocycles. The van der Waals surface area contributed by atoms with E-state index in [1.54, 1.807) is 36.7 Å². The standard InChI is InChI=1S/C23H25N7O2/c1-14-3-2-10-30(13-14)20-8-9-26-12-19(20)29-23(32)21-16(24)5-7-18(28-21)17-6-4-15(11-27-17)22(25)31/h4-9,11-12,14H,2-3,10,13,24H2,1H3,(H2,25,31)(H,29,32)/t14-/m0/s1. The van der Waals surface area contributed by atoms with Crippen LogP contribution in [0.5, 0.6) is 0 Å². The summed E-state index contributed by atoms with van der Waals surface area (Å²) in [5.74, 6) is -0.412. The van der Waals surface area contributed by atoms with Crippen molar-refractivity contribution in [3.63, 3.8) is 0 Å². The molecule has 0 radical (unpaired) electrons. The predicted octanol–water partition coefficient (Wildman–Crippen LogP) is 2.71. The molecule has 0 saturated carbocycles. The average Bonchev–Trinajstić information content (AvgIpc) is 2.80. The summed E-state index contributed by atoms with van der Waals surface area (Å²) in [4.78, 5) is 39.4. The molecule has 1 fully saturated rings. The van der Waals surface area contributed by atoms with Gasteiger partial charge in [0.25, 0.3) is 5.91 Å². The highest BCUT2D eigenvalue weighted by Gasteiger charge is 2.21. The smallest absolute Gasteiger partial charge is 0.276 e. The zero-order valence-electron chi connectivity index (χ0n) is 17.8. The van der Waals surface area contributed by atoms with Crippen molar-refractivity contribution >= 4 is 28.9 Å². The SMILES string of the molecule is C[C@H]1CCCN(c2ccncc2NC(=O)c2nc(-c3ccc(C(N)=O)cn3)ccc2N)C1. The summed E-state index contributed by atoms with van der Waals surface area (Å²) in [6.45, 7) is 4.08. The van der Waals surface area contributed by atoms with Crippen LogP contribution >= 0.6 is 0 Å². The molecule has 9 heteroatoms. The maximum atomic E-state index is 13.1. The van der Waals surface area contributed by atoms with E-state index in [0.717, 1.165) is 25.2 Å². The molecule has 1 atom stereocenters. The molecule has 0 unspecified atom stereocenters. The minimum absolute atomic E-state index is 0.0880. The number of piperidine rings is 1. The zero-order chi connectivity index (χ0) is 22.7. The van der Waals surface area contributed by atoms with Crippen LogP contribution in [0.25, 0.3) is 11.4 Å². The normalized spacial score (nSPS) is 15.9. The number of primary amides is 1. The van der Waals surface area contributed by atoms with Crippen LogP contribution in [0.3, 0.4) is 0 Å². The highest BCUT2D eigenvalue weighted by Crippen LogP contribution is 2.30. The molecular weight excluding hydrogens is 406 g/mol. The van der Waals surface area contributed by atoms with Crippen molar-refractivity contribution in [2.75, 3.05) is 29.0 Å². The maximum absolute atomic E-state index is 13.1. The van der Waals surface area contributed by atoms with E-state index in [1.807, 2.05) is 6.07 Å². The second kappa shape index (κ2) is 9.01. The fourth-order valence-electron chi connectivity index (χ4n) is 3.83.